The van der Waals surface area contributed by atoms with Crippen molar-refractivity contribution in [1.82, 2.24) is 0 Å². The Kier molecular flexibility index (Phi) is 3.35. The van der Waals surface area contributed by atoms with Crippen LogP contribution in [0.2, 0.25) is 0 Å². The van der Waals surface area contributed by atoms with E-state index in [1.54, 1.807) is 0 Å². The van der Waals surface area contributed by atoms with E-state index in [9.17, 15) is 24.9 Å². The van der Waals surface area contributed by atoms with Gasteiger partial charge in [0.15, 0.2) is 5.78 Å². The van der Waals surface area contributed by atoms with Gasteiger partial charge in [0.1, 0.15) is 5.78 Å². The van der Waals surface area contributed by atoms with Crippen LogP contribution in [0, 0.1) is 34.0 Å². The number of carbonyl (C=O) groups excluding carboxylic acids is 2. The van der Waals surface area contributed by atoms with Gasteiger partial charge in [-0.05, 0) is 36.2 Å². The van der Waals surface area contributed by atoms with Crippen LogP contribution in [-0.2, 0) is 9.59 Å². The van der Waals surface area contributed by atoms with Crippen LogP contribution in [0.15, 0.2) is 12.2 Å². The average molecular weight is 348 g/mol. The summed E-state index contributed by atoms with van der Waals surface area (Å²) in [5, 5.41) is 33.0. The lowest BCUT2D eigenvalue weighted by molar-refractivity contribution is -0.242. The van der Waals surface area contributed by atoms with Crippen molar-refractivity contribution in [2.75, 3.05) is 0 Å². The first-order valence-electron chi connectivity index (χ1n) is 9.31. The second-order valence-corrected chi connectivity index (χ2v) is 9.62. The molecule has 0 amide bonds. The second kappa shape index (κ2) is 4.81. The molecular formula is C20H28O5. The number of ketones is 2. The number of rotatable bonds is 0. The van der Waals surface area contributed by atoms with E-state index in [2.05, 4.69) is 20.4 Å². The van der Waals surface area contributed by atoms with E-state index in [0.717, 1.165) is 6.42 Å². The van der Waals surface area contributed by atoms with Gasteiger partial charge >= 0.3 is 0 Å². The summed E-state index contributed by atoms with van der Waals surface area (Å²) in [7, 11) is 0. The summed E-state index contributed by atoms with van der Waals surface area (Å²) >= 11 is 0. The Morgan fingerprint density at radius 3 is 2.36 bits per heavy atom. The molecule has 0 heterocycles. The van der Waals surface area contributed by atoms with Gasteiger partial charge < -0.3 is 15.3 Å². The second-order valence-electron chi connectivity index (χ2n) is 9.62. The fourth-order valence-electron chi connectivity index (χ4n) is 7.12. The molecule has 138 valence electrons. The van der Waals surface area contributed by atoms with Crippen molar-refractivity contribution in [3.05, 3.63) is 12.2 Å². The summed E-state index contributed by atoms with van der Waals surface area (Å²) in [6.45, 7) is 9.88. The zero-order chi connectivity index (χ0) is 18.5. The maximum absolute atomic E-state index is 13.2. The zero-order valence-electron chi connectivity index (χ0n) is 15.2. The number of carbonyl (C=O) groups is 2. The maximum atomic E-state index is 13.2. The van der Waals surface area contributed by atoms with Gasteiger partial charge in [0.2, 0.25) is 0 Å². The standard InChI is InChI=1S/C20H28O5/c1-9-10-7-11(21)15-19(4)12(18(2,3)6-5-13(19)22)8-14(23)20(15,16(9)24)17(10)25/h10-12,14-15,17,21,23,25H,1,5-8H2,2-4H3. The van der Waals surface area contributed by atoms with Crippen LogP contribution in [0.5, 0.6) is 0 Å². The normalized spacial score (nSPS) is 54.2. The molecule has 0 aliphatic heterocycles. The van der Waals surface area contributed by atoms with E-state index in [-0.39, 0.29) is 34.9 Å². The molecule has 4 fully saturated rings. The van der Waals surface area contributed by atoms with Crippen molar-refractivity contribution in [2.24, 2.45) is 34.0 Å². The molecule has 0 aromatic heterocycles. The topological polar surface area (TPSA) is 94.8 Å². The predicted molar refractivity (Wildman–Crippen MR) is 90.4 cm³/mol. The molecule has 4 rings (SSSR count). The molecule has 1 spiro atoms. The first kappa shape index (κ1) is 17.4. The molecule has 5 heteroatoms. The van der Waals surface area contributed by atoms with Crippen LogP contribution in [0.3, 0.4) is 0 Å². The first-order chi connectivity index (χ1) is 11.5. The lowest BCUT2D eigenvalue weighted by atomic mass is 9.39. The lowest BCUT2D eigenvalue weighted by Crippen LogP contribution is -2.72. The van der Waals surface area contributed by atoms with Crippen molar-refractivity contribution in [3.63, 3.8) is 0 Å². The number of Topliss-reactive ketones (excluding diaryl/α,β-unsaturated/α-hetero) is 2. The average Bonchev–Trinajstić information content (AvgIpc) is 2.65. The van der Waals surface area contributed by atoms with Crippen LogP contribution >= 0.6 is 0 Å². The van der Waals surface area contributed by atoms with Crippen molar-refractivity contribution >= 4 is 11.6 Å². The minimum Gasteiger partial charge on any atom is -0.393 e. The first-order valence-corrected chi connectivity index (χ1v) is 9.31. The molecule has 0 aromatic rings. The highest BCUT2D eigenvalue weighted by atomic mass is 16.3. The number of hydrogen-bond acceptors (Lipinski definition) is 5. The lowest BCUT2D eigenvalue weighted by Gasteiger charge is -2.64. The van der Waals surface area contributed by atoms with Crippen LogP contribution in [0.25, 0.3) is 0 Å². The summed E-state index contributed by atoms with van der Waals surface area (Å²) in [5.74, 6) is -1.73. The SMILES string of the molecule is C=C1C(=O)C23C(O)CC4C(C)(C)CCC(=O)C4(C)C2C(O)CC1C3O. The molecular weight excluding hydrogens is 320 g/mol. The van der Waals surface area contributed by atoms with Gasteiger partial charge in [-0.1, -0.05) is 27.4 Å². The third-order valence-corrected chi connectivity index (χ3v) is 8.32. The van der Waals surface area contributed by atoms with Crippen LogP contribution in [0.1, 0.15) is 46.5 Å². The van der Waals surface area contributed by atoms with Gasteiger partial charge in [-0.15, -0.1) is 0 Å². The zero-order valence-corrected chi connectivity index (χ0v) is 15.2. The van der Waals surface area contributed by atoms with E-state index < -0.39 is 41.0 Å². The van der Waals surface area contributed by atoms with Crippen molar-refractivity contribution in [3.8, 4) is 0 Å². The van der Waals surface area contributed by atoms with Crippen molar-refractivity contribution < 1.29 is 24.9 Å². The Bertz CT molecular complexity index is 682. The maximum Gasteiger partial charge on any atom is 0.170 e. The Morgan fingerprint density at radius 2 is 1.72 bits per heavy atom. The van der Waals surface area contributed by atoms with E-state index in [4.69, 9.17) is 0 Å². The quantitative estimate of drug-likeness (QED) is 0.573. The molecule has 0 saturated heterocycles. The van der Waals surface area contributed by atoms with E-state index >= 15 is 0 Å². The fourth-order valence-corrected chi connectivity index (χ4v) is 7.12. The molecule has 0 radical (unpaired) electrons. The molecule has 25 heavy (non-hydrogen) atoms. The van der Waals surface area contributed by atoms with E-state index in [0.29, 0.717) is 12.8 Å². The molecule has 4 saturated carbocycles. The molecule has 5 nitrogen and oxygen atoms in total. The highest BCUT2D eigenvalue weighted by Gasteiger charge is 2.77. The van der Waals surface area contributed by atoms with Crippen molar-refractivity contribution in [1.29, 1.82) is 0 Å². The van der Waals surface area contributed by atoms with Crippen LogP contribution in [0.4, 0.5) is 0 Å². The predicted octanol–water partition coefficient (Wildman–Crippen LogP) is 1.25. The molecule has 0 aromatic carbocycles. The van der Waals surface area contributed by atoms with Gasteiger partial charge in [0.05, 0.1) is 23.7 Å². The van der Waals surface area contributed by atoms with E-state index in [1.807, 2.05) is 6.92 Å². The molecule has 4 aliphatic carbocycles. The van der Waals surface area contributed by atoms with Crippen LogP contribution in [-0.4, -0.2) is 45.2 Å². The Morgan fingerprint density at radius 1 is 1.08 bits per heavy atom. The van der Waals surface area contributed by atoms with Gasteiger partial charge in [0.25, 0.3) is 0 Å². The highest BCUT2D eigenvalue weighted by Crippen LogP contribution is 2.70. The molecule has 2 bridgehead atoms. The monoisotopic (exact) mass is 348 g/mol. The third-order valence-electron chi connectivity index (χ3n) is 8.32. The van der Waals surface area contributed by atoms with Gasteiger partial charge in [0, 0.05) is 23.7 Å². The summed E-state index contributed by atoms with van der Waals surface area (Å²) in [5.41, 5.74) is -2.30. The number of hydrogen-bond donors (Lipinski definition) is 3. The summed E-state index contributed by atoms with van der Waals surface area (Å²) in [4.78, 5) is 26.3. The summed E-state index contributed by atoms with van der Waals surface area (Å²) in [6, 6.07) is 0. The summed E-state index contributed by atoms with van der Waals surface area (Å²) in [6.07, 6.45) is -1.39. The fraction of sp³-hybridized carbons (Fsp3) is 0.800. The van der Waals surface area contributed by atoms with Gasteiger partial charge in [-0.3, -0.25) is 9.59 Å². The van der Waals surface area contributed by atoms with E-state index in [1.165, 1.54) is 0 Å². The largest absolute Gasteiger partial charge is 0.393 e. The van der Waals surface area contributed by atoms with Gasteiger partial charge in [-0.2, -0.15) is 0 Å². The van der Waals surface area contributed by atoms with Gasteiger partial charge in [-0.25, -0.2) is 0 Å². The molecule has 4 aliphatic rings. The Labute approximate surface area is 148 Å². The molecule has 8 unspecified atom stereocenters. The third kappa shape index (κ3) is 1.70. The Balaban J connectivity index is 1.97. The van der Waals surface area contributed by atoms with Crippen LogP contribution < -0.4 is 0 Å². The minimum absolute atomic E-state index is 0.0445. The molecule has 3 N–H and O–H groups in total. The molecule has 8 atom stereocenters. The summed E-state index contributed by atoms with van der Waals surface area (Å²) < 4.78 is 0. The van der Waals surface area contributed by atoms with Crippen molar-refractivity contribution in [2.45, 2.75) is 64.8 Å². The Hall–Kier alpha value is -1.04. The number of fused-ring (bicyclic) bond motifs is 3. The smallest absolute Gasteiger partial charge is 0.170 e. The number of aliphatic hydroxyl groups is 3. The highest BCUT2D eigenvalue weighted by molar-refractivity contribution is 6.05. The number of aliphatic hydroxyl groups excluding tert-OH is 3. The minimum atomic E-state index is -1.49.